The molecule has 2 nitrogen and oxygen atoms in total. The van der Waals surface area contributed by atoms with Gasteiger partial charge in [-0.15, -0.1) is 0 Å². The maximum atomic E-state index is 14.6. The van der Waals surface area contributed by atoms with Crippen LogP contribution < -0.4 is 5.32 Å². The summed E-state index contributed by atoms with van der Waals surface area (Å²) in [5.74, 6) is -0.304. The van der Waals surface area contributed by atoms with Crippen molar-refractivity contribution in [3.05, 3.63) is 112 Å². The highest BCUT2D eigenvalue weighted by molar-refractivity contribution is 5.75. The van der Waals surface area contributed by atoms with Gasteiger partial charge >= 0.3 is 0 Å². The zero-order chi connectivity index (χ0) is 25.0. The minimum atomic E-state index is -0.304. The molecule has 0 unspecified atom stereocenters. The Kier molecular flexibility index (Phi) is 11.9. The Morgan fingerprint density at radius 2 is 1.82 bits per heavy atom. The van der Waals surface area contributed by atoms with Crippen LogP contribution in [-0.2, 0) is 6.42 Å². The normalized spacial score (nSPS) is 14.1. The van der Waals surface area contributed by atoms with Gasteiger partial charge in [0.1, 0.15) is 5.83 Å². The molecular weight excluding hydrogens is 407 g/mol. The van der Waals surface area contributed by atoms with E-state index in [0.717, 1.165) is 46.5 Å². The van der Waals surface area contributed by atoms with Crippen LogP contribution in [0.25, 0.3) is 5.57 Å². The Bertz CT molecular complexity index is 1040. The smallest absolute Gasteiger partial charge is 0.146 e. The monoisotopic (exact) mass is 446 g/mol. The zero-order valence-electron chi connectivity index (χ0n) is 21.3. The van der Waals surface area contributed by atoms with Gasteiger partial charge in [-0.25, -0.2) is 4.39 Å². The van der Waals surface area contributed by atoms with E-state index in [4.69, 9.17) is 0 Å². The quantitative estimate of drug-likeness (QED) is 0.205. The molecule has 176 valence electrons. The molecule has 0 spiro atoms. The number of hydrogen-bond acceptors (Lipinski definition) is 2. The highest BCUT2D eigenvalue weighted by atomic mass is 19.1. The van der Waals surface area contributed by atoms with Crippen molar-refractivity contribution in [2.75, 3.05) is 0 Å². The number of rotatable bonds is 11. The molecule has 1 aromatic carbocycles. The predicted octanol–water partition coefficient (Wildman–Crippen LogP) is 8.71. The first-order chi connectivity index (χ1) is 15.6. The van der Waals surface area contributed by atoms with E-state index in [0.29, 0.717) is 5.70 Å². The molecule has 0 aliphatic rings. The molecule has 0 fully saturated rings. The standard InChI is InChI=1S/C30H39FN2/c1-10-13-15-28(31)29(14-11-2)33-25(9)24(8)30(32-12-3)20-23(7)27-17-16-26(18-21(4)5)22(6)19-27/h11-17,19-20,33H,4,7,10,18H2,1-3,5-6,8-9H3/b14-11-,15-13+,25-24+,29-28-,30-20+,32-12?. The third kappa shape index (κ3) is 9.05. The zero-order valence-corrected chi connectivity index (χ0v) is 21.3. The fourth-order valence-corrected chi connectivity index (χ4v) is 3.20. The van der Waals surface area contributed by atoms with Crippen LogP contribution in [0.5, 0.6) is 0 Å². The second-order valence-electron chi connectivity index (χ2n) is 8.16. The molecule has 0 amide bonds. The van der Waals surface area contributed by atoms with Crippen LogP contribution in [0, 0.1) is 6.92 Å². The summed E-state index contributed by atoms with van der Waals surface area (Å²) < 4.78 is 14.6. The first-order valence-electron chi connectivity index (χ1n) is 11.4. The van der Waals surface area contributed by atoms with Gasteiger partial charge in [-0.3, -0.25) is 4.99 Å². The second kappa shape index (κ2) is 14.1. The van der Waals surface area contributed by atoms with E-state index in [9.17, 15) is 4.39 Å². The lowest BCUT2D eigenvalue weighted by molar-refractivity contribution is 0.646. The maximum Gasteiger partial charge on any atom is 0.146 e. The highest BCUT2D eigenvalue weighted by Crippen LogP contribution is 2.24. The highest BCUT2D eigenvalue weighted by Gasteiger charge is 2.09. The lowest BCUT2D eigenvalue weighted by Gasteiger charge is -2.14. The van der Waals surface area contributed by atoms with Crippen molar-refractivity contribution in [1.82, 2.24) is 5.32 Å². The summed E-state index contributed by atoms with van der Waals surface area (Å²) in [6.45, 7) is 22.1. The molecule has 0 saturated carbocycles. The van der Waals surface area contributed by atoms with E-state index < -0.39 is 0 Å². The van der Waals surface area contributed by atoms with Gasteiger partial charge in [-0.2, -0.15) is 0 Å². The molecule has 0 heterocycles. The van der Waals surface area contributed by atoms with Gasteiger partial charge in [-0.05, 0) is 100 Å². The molecule has 0 aliphatic carbocycles. The number of nitrogens with zero attached hydrogens (tertiary/aromatic N) is 1. The van der Waals surface area contributed by atoms with Crippen molar-refractivity contribution in [3.63, 3.8) is 0 Å². The van der Waals surface area contributed by atoms with Crippen LogP contribution in [0.2, 0.25) is 0 Å². The average molecular weight is 447 g/mol. The SMILES string of the molecule is C=C(C)Cc1ccc(C(=C)/C=C(N=CC)\C(C)=C(/C)NC(/C=C\C)=C(F)/C=C/CC)cc1C. The van der Waals surface area contributed by atoms with Crippen molar-refractivity contribution in [2.24, 2.45) is 4.99 Å². The lowest BCUT2D eigenvalue weighted by atomic mass is 9.96. The van der Waals surface area contributed by atoms with E-state index in [-0.39, 0.29) is 5.83 Å². The number of halogens is 1. The summed E-state index contributed by atoms with van der Waals surface area (Å²) in [6.07, 6.45) is 12.2. The number of aryl methyl sites for hydroxylation is 1. The summed E-state index contributed by atoms with van der Waals surface area (Å²) in [7, 11) is 0. The third-order valence-corrected chi connectivity index (χ3v) is 5.14. The summed E-state index contributed by atoms with van der Waals surface area (Å²) in [6, 6.07) is 6.37. The molecule has 0 aliphatic heterocycles. The molecular formula is C30H39FN2. The number of aliphatic imine (C=N–C) groups is 1. The van der Waals surface area contributed by atoms with Crippen molar-refractivity contribution >= 4 is 11.8 Å². The van der Waals surface area contributed by atoms with Crippen LogP contribution in [0.3, 0.4) is 0 Å². The molecule has 1 aromatic rings. The summed E-state index contributed by atoms with van der Waals surface area (Å²) in [5, 5.41) is 3.21. The summed E-state index contributed by atoms with van der Waals surface area (Å²) >= 11 is 0. The maximum absolute atomic E-state index is 14.6. The Morgan fingerprint density at radius 1 is 1.12 bits per heavy atom. The second-order valence-corrected chi connectivity index (χ2v) is 8.16. The summed E-state index contributed by atoms with van der Waals surface area (Å²) in [4.78, 5) is 4.56. The van der Waals surface area contributed by atoms with Gasteiger partial charge < -0.3 is 5.32 Å². The van der Waals surface area contributed by atoms with Crippen molar-refractivity contribution in [3.8, 4) is 0 Å². The first kappa shape index (κ1) is 27.8. The van der Waals surface area contributed by atoms with Crippen LogP contribution in [0.15, 0.2) is 101 Å². The van der Waals surface area contributed by atoms with Crippen LogP contribution >= 0.6 is 0 Å². The molecule has 33 heavy (non-hydrogen) atoms. The fraction of sp³-hybridized carbons (Fsp3) is 0.300. The largest absolute Gasteiger partial charge is 0.356 e. The minimum absolute atomic E-state index is 0.304. The van der Waals surface area contributed by atoms with E-state index in [1.165, 1.54) is 17.2 Å². The molecule has 1 rings (SSSR count). The first-order valence-corrected chi connectivity index (χ1v) is 11.4. The van der Waals surface area contributed by atoms with Gasteiger partial charge in [-0.1, -0.05) is 56.0 Å². The Hall–Kier alpha value is -3.20. The molecule has 0 atom stereocenters. The molecule has 0 aromatic heterocycles. The van der Waals surface area contributed by atoms with Gasteiger partial charge in [0.25, 0.3) is 0 Å². The molecule has 0 radical (unpaired) electrons. The Balaban J connectivity index is 3.33. The fourth-order valence-electron chi connectivity index (χ4n) is 3.20. The van der Waals surface area contributed by atoms with Crippen LogP contribution in [0.1, 0.15) is 64.7 Å². The van der Waals surface area contributed by atoms with E-state index >= 15 is 0 Å². The minimum Gasteiger partial charge on any atom is -0.356 e. The van der Waals surface area contributed by atoms with Gasteiger partial charge in [0.05, 0.1) is 11.4 Å². The molecule has 1 N–H and O–H groups in total. The van der Waals surface area contributed by atoms with Crippen molar-refractivity contribution < 1.29 is 4.39 Å². The predicted molar refractivity (Wildman–Crippen MR) is 145 cm³/mol. The van der Waals surface area contributed by atoms with Crippen molar-refractivity contribution in [2.45, 2.75) is 61.3 Å². The van der Waals surface area contributed by atoms with Crippen molar-refractivity contribution in [1.29, 1.82) is 0 Å². The average Bonchev–Trinajstić information content (AvgIpc) is 2.77. The summed E-state index contributed by atoms with van der Waals surface area (Å²) in [5.41, 5.74) is 8.47. The molecule has 3 heteroatoms. The number of allylic oxidation sites excluding steroid dienone is 10. The number of benzene rings is 1. The third-order valence-electron chi connectivity index (χ3n) is 5.14. The van der Waals surface area contributed by atoms with E-state index in [1.54, 1.807) is 18.4 Å². The van der Waals surface area contributed by atoms with Crippen LogP contribution in [0.4, 0.5) is 4.39 Å². The number of hydrogen-bond donors (Lipinski definition) is 1. The number of nitrogens with one attached hydrogen (secondary N) is 1. The van der Waals surface area contributed by atoms with E-state index in [2.05, 4.69) is 48.6 Å². The Morgan fingerprint density at radius 3 is 2.36 bits per heavy atom. The van der Waals surface area contributed by atoms with Gasteiger partial charge in [0.2, 0.25) is 0 Å². The van der Waals surface area contributed by atoms with Gasteiger partial charge in [0, 0.05) is 11.9 Å². The van der Waals surface area contributed by atoms with Gasteiger partial charge in [0.15, 0.2) is 0 Å². The van der Waals surface area contributed by atoms with Crippen LogP contribution in [-0.4, -0.2) is 6.21 Å². The lowest BCUT2D eigenvalue weighted by Crippen LogP contribution is -2.12. The topological polar surface area (TPSA) is 24.4 Å². The molecule has 0 saturated heterocycles. The van der Waals surface area contributed by atoms with E-state index in [1.807, 2.05) is 53.7 Å². The molecule has 0 bridgehead atoms. The Labute approximate surface area is 200 Å².